The summed E-state index contributed by atoms with van der Waals surface area (Å²) in [4.78, 5) is 4.41. The van der Waals surface area contributed by atoms with Gasteiger partial charge in [-0.25, -0.2) is 0 Å². The average molecular weight is 175 g/mol. The fourth-order valence-corrected chi connectivity index (χ4v) is 1.24. The van der Waals surface area contributed by atoms with Gasteiger partial charge in [0, 0.05) is 6.21 Å². The molecule has 0 fully saturated rings. The van der Waals surface area contributed by atoms with E-state index in [0.29, 0.717) is 0 Å². The van der Waals surface area contributed by atoms with Crippen molar-refractivity contribution < 1.29 is 0 Å². The molecule has 1 nitrogen and oxygen atoms in total. The number of benzene rings is 1. The number of aryl methyl sites for hydroxylation is 2. The van der Waals surface area contributed by atoms with Crippen LogP contribution in [-0.4, -0.2) is 6.21 Å². The lowest BCUT2D eigenvalue weighted by atomic mass is 10.1. The maximum Gasteiger partial charge on any atom is 0.0655 e. The van der Waals surface area contributed by atoms with Crippen molar-refractivity contribution in [2.24, 2.45) is 4.99 Å². The molecule has 1 aromatic carbocycles. The minimum absolute atomic E-state index is 1.06. The van der Waals surface area contributed by atoms with Crippen LogP contribution >= 0.6 is 0 Å². The second-order valence-corrected chi connectivity index (χ2v) is 3.39. The van der Waals surface area contributed by atoms with E-state index in [-0.39, 0.29) is 0 Å². The Kier molecular flexibility index (Phi) is 3.69. The smallest absolute Gasteiger partial charge is 0.0655 e. The van der Waals surface area contributed by atoms with Gasteiger partial charge in [0.1, 0.15) is 0 Å². The SMILES string of the molecule is CCC/C=N\c1ccc(C)cc1C. The van der Waals surface area contributed by atoms with Crippen molar-refractivity contribution >= 4 is 11.9 Å². The topological polar surface area (TPSA) is 12.4 Å². The van der Waals surface area contributed by atoms with E-state index in [4.69, 9.17) is 0 Å². The fourth-order valence-electron chi connectivity index (χ4n) is 1.24. The number of nitrogens with zero attached hydrogens (tertiary/aromatic N) is 1. The molecule has 0 amide bonds. The zero-order valence-corrected chi connectivity index (χ0v) is 8.67. The Bertz CT molecular complexity index is 300. The lowest BCUT2D eigenvalue weighted by Crippen LogP contribution is -1.78. The number of aliphatic imine (C=N–C) groups is 1. The Morgan fingerprint density at radius 3 is 2.69 bits per heavy atom. The average Bonchev–Trinajstić information content (AvgIpc) is 2.09. The Morgan fingerprint density at radius 1 is 1.31 bits per heavy atom. The monoisotopic (exact) mass is 175 g/mol. The minimum Gasteiger partial charge on any atom is -0.261 e. The first-order valence-electron chi connectivity index (χ1n) is 4.84. The van der Waals surface area contributed by atoms with Gasteiger partial charge in [-0.15, -0.1) is 0 Å². The fraction of sp³-hybridized carbons (Fsp3) is 0.417. The first-order valence-corrected chi connectivity index (χ1v) is 4.84. The summed E-state index contributed by atoms with van der Waals surface area (Å²) in [6.45, 7) is 6.37. The molecule has 0 aliphatic rings. The van der Waals surface area contributed by atoms with Gasteiger partial charge in [0.25, 0.3) is 0 Å². The lowest BCUT2D eigenvalue weighted by molar-refractivity contribution is 1.01. The molecule has 1 rings (SSSR count). The van der Waals surface area contributed by atoms with Crippen molar-refractivity contribution in [3.05, 3.63) is 29.3 Å². The summed E-state index contributed by atoms with van der Waals surface area (Å²) in [6, 6.07) is 6.35. The van der Waals surface area contributed by atoms with Crippen molar-refractivity contribution in [2.75, 3.05) is 0 Å². The standard InChI is InChI=1S/C12H17N/c1-4-5-8-13-12-7-6-10(2)9-11(12)3/h6-9H,4-5H2,1-3H3/b13-8-. The van der Waals surface area contributed by atoms with Crippen LogP contribution in [0.2, 0.25) is 0 Å². The predicted molar refractivity (Wildman–Crippen MR) is 59.0 cm³/mol. The van der Waals surface area contributed by atoms with Crippen LogP contribution < -0.4 is 0 Å². The molecule has 0 aliphatic carbocycles. The molecule has 70 valence electrons. The van der Waals surface area contributed by atoms with Crippen LogP contribution in [0, 0.1) is 13.8 Å². The van der Waals surface area contributed by atoms with Gasteiger partial charge >= 0.3 is 0 Å². The maximum atomic E-state index is 4.41. The number of unbranched alkanes of at least 4 members (excludes halogenated alkanes) is 1. The Balaban J connectivity index is 2.77. The van der Waals surface area contributed by atoms with E-state index in [1.54, 1.807) is 0 Å². The van der Waals surface area contributed by atoms with Crippen LogP contribution in [0.4, 0.5) is 5.69 Å². The largest absolute Gasteiger partial charge is 0.261 e. The van der Waals surface area contributed by atoms with Crippen molar-refractivity contribution in [2.45, 2.75) is 33.6 Å². The predicted octanol–water partition coefficient (Wildman–Crippen LogP) is 3.81. The van der Waals surface area contributed by atoms with Gasteiger partial charge in [-0.05, 0) is 31.9 Å². The molecule has 1 aromatic rings. The molecule has 0 N–H and O–H groups in total. The molecular formula is C12H17N. The van der Waals surface area contributed by atoms with E-state index < -0.39 is 0 Å². The van der Waals surface area contributed by atoms with Gasteiger partial charge in [-0.2, -0.15) is 0 Å². The summed E-state index contributed by atoms with van der Waals surface area (Å²) in [6.07, 6.45) is 4.22. The van der Waals surface area contributed by atoms with E-state index in [1.165, 1.54) is 11.1 Å². The van der Waals surface area contributed by atoms with Crippen molar-refractivity contribution in [1.29, 1.82) is 0 Å². The van der Waals surface area contributed by atoms with Gasteiger partial charge < -0.3 is 0 Å². The first kappa shape index (κ1) is 9.97. The van der Waals surface area contributed by atoms with E-state index in [2.05, 4.69) is 44.0 Å². The summed E-state index contributed by atoms with van der Waals surface area (Å²) in [7, 11) is 0. The molecule has 0 saturated carbocycles. The van der Waals surface area contributed by atoms with Gasteiger partial charge in [0.05, 0.1) is 5.69 Å². The molecule has 0 spiro atoms. The summed E-state index contributed by atoms with van der Waals surface area (Å²) < 4.78 is 0. The number of rotatable bonds is 3. The third-order valence-corrected chi connectivity index (χ3v) is 2.00. The molecule has 0 atom stereocenters. The highest BCUT2D eigenvalue weighted by atomic mass is 14.7. The summed E-state index contributed by atoms with van der Waals surface area (Å²) in [5, 5.41) is 0. The normalized spacial score (nSPS) is 11.0. The molecule has 1 heteroatoms. The lowest BCUT2D eigenvalue weighted by Gasteiger charge is -2.00. The third-order valence-electron chi connectivity index (χ3n) is 2.00. The van der Waals surface area contributed by atoms with Crippen molar-refractivity contribution in [3.8, 4) is 0 Å². The molecular weight excluding hydrogens is 158 g/mol. The second kappa shape index (κ2) is 4.80. The second-order valence-electron chi connectivity index (χ2n) is 3.39. The minimum atomic E-state index is 1.06. The summed E-state index contributed by atoms with van der Waals surface area (Å²) in [5.41, 5.74) is 3.65. The Morgan fingerprint density at radius 2 is 2.08 bits per heavy atom. The van der Waals surface area contributed by atoms with Crippen LogP contribution in [0.3, 0.4) is 0 Å². The molecule has 0 unspecified atom stereocenters. The van der Waals surface area contributed by atoms with Gasteiger partial charge in [-0.1, -0.05) is 31.0 Å². The Labute approximate surface area is 80.5 Å². The number of hydrogen-bond acceptors (Lipinski definition) is 1. The highest BCUT2D eigenvalue weighted by molar-refractivity contribution is 5.64. The van der Waals surface area contributed by atoms with Gasteiger partial charge in [-0.3, -0.25) is 4.99 Å². The van der Waals surface area contributed by atoms with Gasteiger partial charge in [0.2, 0.25) is 0 Å². The summed E-state index contributed by atoms with van der Waals surface area (Å²) >= 11 is 0. The molecule has 0 bridgehead atoms. The third kappa shape index (κ3) is 3.02. The maximum absolute atomic E-state index is 4.41. The molecule has 0 saturated heterocycles. The van der Waals surface area contributed by atoms with E-state index in [9.17, 15) is 0 Å². The van der Waals surface area contributed by atoms with Crippen molar-refractivity contribution in [3.63, 3.8) is 0 Å². The first-order chi connectivity index (χ1) is 6.24. The van der Waals surface area contributed by atoms with E-state index in [0.717, 1.165) is 18.5 Å². The van der Waals surface area contributed by atoms with Crippen LogP contribution in [-0.2, 0) is 0 Å². The molecule has 0 radical (unpaired) electrons. The zero-order valence-electron chi connectivity index (χ0n) is 8.67. The van der Waals surface area contributed by atoms with Gasteiger partial charge in [0.15, 0.2) is 0 Å². The number of hydrogen-bond donors (Lipinski definition) is 0. The van der Waals surface area contributed by atoms with Crippen LogP contribution in [0.25, 0.3) is 0 Å². The molecule has 0 aliphatic heterocycles. The van der Waals surface area contributed by atoms with Crippen molar-refractivity contribution in [1.82, 2.24) is 0 Å². The van der Waals surface area contributed by atoms with E-state index in [1.807, 2.05) is 6.21 Å². The quantitative estimate of drug-likeness (QED) is 0.619. The zero-order chi connectivity index (χ0) is 9.68. The van der Waals surface area contributed by atoms with Crippen LogP contribution in [0.15, 0.2) is 23.2 Å². The molecule has 13 heavy (non-hydrogen) atoms. The molecule has 0 aromatic heterocycles. The molecule has 0 heterocycles. The van der Waals surface area contributed by atoms with Crippen LogP contribution in [0.1, 0.15) is 30.9 Å². The van der Waals surface area contributed by atoms with Crippen LogP contribution in [0.5, 0.6) is 0 Å². The highest BCUT2D eigenvalue weighted by Crippen LogP contribution is 2.18. The van der Waals surface area contributed by atoms with E-state index >= 15 is 0 Å². The highest BCUT2D eigenvalue weighted by Gasteiger charge is 1.93. The Hall–Kier alpha value is -1.11. The summed E-state index contributed by atoms with van der Waals surface area (Å²) in [5.74, 6) is 0.